The SMILES string of the molecule is Cc1ccc(NC(=O)CN2CCC3(CC2)COC(C)(C)C3)cc1F. The molecule has 0 bridgehead atoms. The molecule has 2 aliphatic rings. The van der Waals surface area contributed by atoms with Crippen molar-refractivity contribution < 1.29 is 13.9 Å². The molecule has 3 rings (SSSR count). The summed E-state index contributed by atoms with van der Waals surface area (Å²) in [5.41, 5.74) is 1.37. The number of carbonyl (C=O) groups is 1. The number of piperidine rings is 1. The zero-order valence-corrected chi connectivity index (χ0v) is 14.8. The third kappa shape index (κ3) is 3.95. The summed E-state index contributed by atoms with van der Waals surface area (Å²) in [6, 6.07) is 4.79. The van der Waals surface area contributed by atoms with Crippen molar-refractivity contribution in [2.24, 2.45) is 5.41 Å². The Bertz CT molecular complexity index is 622. The Hall–Kier alpha value is -1.46. The first kappa shape index (κ1) is 17.4. The van der Waals surface area contributed by atoms with Crippen molar-refractivity contribution in [3.8, 4) is 0 Å². The number of aryl methyl sites for hydroxylation is 1. The molecule has 2 fully saturated rings. The maximum atomic E-state index is 13.5. The molecule has 4 nitrogen and oxygen atoms in total. The van der Waals surface area contributed by atoms with Gasteiger partial charge in [-0.1, -0.05) is 6.07 Å². The summed E-state index contributed by atoms with van der Waals surface area (Å²) in [5, 5.41) is 2.79. The van der Waals surface area contributed by atoms with Gasteiger partial charge < -0.3 is 10.1 Å². The zero-order valence-electron chi connectivity index (χ0n) is 14.8. The average Bonchev–Trinajstić information content (AvgIpc) is 2.81. The van der Waals surface area contributed by atoms with Crippen LogP contribution < -0.4 is 5.32 Å². The second-order valence-electron chi connectivity index (χ2n) is 8.01. The molecule has 0 saturated carbocycles. The van der Waals surface area contributed by atoms with E-state index < -0.39 is 0 Å². The lowest BCUT2D eigenvalue weighted by atomic mass is 9.74. The van der Waals surface area contributed by atoms with Gasteiger partial charge in [-0.25, -0.2) is 4.39 Å². The van der Waals surface area contributed by atoms with Crippen LogP contribution in [0.3, 0.4) is 0 Å². The Morgan fingerprint density at radius 1 is 1.33 bits per heavy atom. The lowest BCUT2D eigenvalue weighted by molar-refractivity contribution is -0.117. The number of hydrogen-bond acceptors (Lipinski definition) is 3. The molecule has 24 heavy (non-hydrogen) atoms. The van der Waals surface area contributed by atoms with Crippen LogP contribution in [0.2, 0.25) is 0 Å². The number of halogens is 1. The molecule has 1 aromatic carbocycles. The first-order valence-electron chi connectivity index (χ1n) is 8.69. The quantitative estimate of drug-likeness (QED) is 0.922. The maximum absolute atomic E-state index is 13.5. The van der Waals surface area contributed by atoms with Crippen molar-refractivity contribution in [1.82, 2.24) is 4.90 Å². The van der Waals surface area contributed by atoms with Crippen molar-refractivity contribution in [2.45, 2.75) is 45.6 Å². The first-order chi connectivity index (χ1) is 11.3. The van der Waals surface area contributed by atoms with Crippen molar-refractivity contribution in [3.63, 3.8) is 0 Å². The smallest absolute Gasteiger partial charge is 0.238 e. The van der Waals surface area contributed by atoms with Gasteiger partial charge in [0.05, 0.1) is 18.8 Å². The van der Waals surface area contributed by atoms with Crippen molar-refractivity contribution in [2.75, 3.05) is 31.6 Å². The molecular formula is C19H27FN2O2. The molecule has 1 amide bonds. The van der Waals surface area contributed by atoms with Crippen molar-refractivity contribution in [3.05, 3.63) is 29.6 Å². The number of amides is 1. The van der Waals surface area contributed by atoms with Crippen LogP contribution in [0.4, 0.5) is 10.1 Å². The van der Waals surface area contributed by atoms with Crippen molar-refractivity contribution >= 4 is 11.6 Å². The fourth-order valence-electron chi connectivity index (χ4n) is 3.93. The number of nitrogens with one attached hydrogen (secondary N) is 1. The van der Waals surface area contributed by atoms with Gasteiger partial charge in [-0.15, -0.1) is 0 Å². The van der Waals surface area contributed by atoms with E-state index in [1.165, 1.54) is 6.07 Å². The number of nitrogens with zero attached hydrogens (tertiary/aromatic N) is 1. The number of ether oxygens (including phenoxy) is 1. The predicted octanol–water partition coefficient (Wildman–Crippen LogP) is 3.35. The Morgan fingerprint density at radius 3 is 2.62 bits per heavy atom. The van der Waals surface area contributed by atoms with E-state index in [1.807, 2.05) is 0 Å². The minimum atomic E-state index is -0.295. The summed E-state index contributed by atoms with van der Waals surface area (Å²) >= 11 is 0. The highest BCUT2D eigenvalue weighted by molar-refractivity contribution is 5.92. The summed E-state index contributed by atoms with van der Waals surface area (Å²) in [6.07, 6.45) is 3.24. The Labute approximate surface area is 143 Å². The molecule has 0 atom stereocenters. The lowest BCUT2D eigenvalue weighted by Crippen LogP contribution is -2.44. The highest BCUT2D eigenvalue weighted by Crippen LogP contribution is 2.46. The molecule has 5 heteroatoms. The van der Waals surface area contributed by atoms with E-state index in [1.54, 1.807) is 19.1 Å². The predicted molar refractivity (Wildman–Crippen MR) is 92.5 cm³/mol. The van der Waals surface area contributed by atoms with Crippen LogP contribution in [0.15, 0.2) is 18.2 Å². The van der Waals surface area contributed by atoms with Gasteiger partial charge in [0.15, 0.2) is 0 Å². The van der Waals surface area contributed by atoms with E-state index in [0.717, 1.165) is 39.0 Å². The van der Waals surface area contributed by atoms with Gasteiger partial charge in [0, 0.05) is 5.69 Å². The maximum Gasteiger partial charge on any atom is 0.238 e. The topological polar surface area (TPSA) is 41.6 Å². The largest absolute Gasteiger partial charge is 0.375 e. The summed E-state index contributed by atoms with van der Waals surface area (Å²) in [6.45, 7) is 9.03. The summed E-state index contributed by atoms with van der Waals surface area (Å²) in [4.78, 5) is 14.4. The lowest BCUT2D eigenvalue weighted by Gasteiger charge is -2.38. The standard InChI is InChI=1S/C19H27FN2O2/c1-14-4-5-15(10-16(14)20)21-17(23)11-22-8-6-19(7-9-22)12-18(2,3)24-13-19/h4-5,10H,6-9,11-13H2,1-3H3,(H,21,23). The number of carbonyl (C=O) groups excluding carboxylic acids is 1. The zero-order chi connectivity index (χ0) is 17.4. The van der Waals surface area contributed by atoms with Gasteiger partial charge in [-0.2, -0.15) is 0 Å². The fourth-order valence-corrected chi connectivity index (χ4v) is 3.93. The Kier molecular flexibility index (Phi) is 4.67. The molecule has 1 N–H and O–H groups in total. The van der Waals surface area contributed by atoms with E-state index in [2.05, 4.69) is 24.1 Å². The first-order valence-corrected chi connectivity index (χ1v) is 8.69. The number of likely N-dealkylation sites (tertiary alicyclic amines) is 1. The molecule has 0 radical (unpaired) electrons. The molecule has 0 unspecified atom stereocenters. The Balaban J connectivity index is 1.49. The third-order valence-electron chi connectivity index (χ3n) is 5.31. The number of anilines is 1. The van der Waals surface area contributed by atoms with Crippen LogP contribution >= 0.6 is 0 Å². The van der Waals surface area contributed by atoms with Gasteiger partial charge in [-0.05, 0) is 76.2 Å². The molecule has 0 aromatic heterocycles. The molecule has 2 heterocycles. The van der Waals surface area contributed by atoms with Gasteiger partial charge in [0.1, 0.15) is 5.82 Å². The second-order valence-corrected chi connectivity index (χ2v) is 8.01. The minimum absolute atomic E-state index is 0.0188. The van der Waals surface area contributed by atoms with Crippen LogP contribution in [0.1, 0.15) is 38.7 Å². The van der Waals surface area contributed by atoms with E-state index in [4.69, 9.17) is 4.74 Å². The van der Waals surface area contributed by atoms with Crippen molar-refractivity contribution in [1.29, 1.82) is 0 Å². The Morgan fingerprint density at radius 2 is 2.04 bits per heavy atom. The molecule has 1 aromatic rings. The van der Waals surface area contributed by atoms with Gasteiger partial charge in [-0.3, -0.25) is 9.69 Å². The number of rotatable bonds is 3. The molecular weight excluding hydrogens is 307 g/mol. The average molecular weight is 334 g/mol. The van der Waals surface area contributed by atoms with E-state index in [9.17, 15) is 9.18 Å². The van der Waals surface area contributed by atoms with E-state index >= 15 is 0 Å². The summed E-state index contributed by atoms with van der Waals surface area (Å²) < 4.78 is 19.5. The van der Waals surface area contributed by atoms with Crippen LogP contribution in [0.25, 0.3) is 0 Å². The summed E-state index contributed by atoms with van der Waals surface area (Å²) in [5.74, 6) is -0.381. The molecule has 2 aliphatic heterocycles. The van der Waals surface area contributed by atoms with E-state index in [-0.39, 0.29) is 22.7 Å². The number of hydrogen-bond donors (Lipinski definition) is 1. The molecule has 0 aliphatic carbocycles. The minimum Gasteiger partial charge on any atom is -0.375 e. The monoisotopic (exact) mass is 334 g/mol. The van der Waals surface area contributed by atoms with Crippen LogP contribution in [-0.2, 0) is 9.53 Å². The highest BCUT2D eigenvalue weighted by atomic mass is 19.1. The third-order valence-corrected chi connectivity index (χ3v) is 5.31. The second kappa shape index (κ2) is 6.45. The van der Waals surface area contributed by atoms with Crippen LogP contribution in [0.5, 0.6) is 0 Å². The molecule has 1 spiro atoms. The molecule has 2 saturated heterocycles. The molecule has 132 valence electrons. The normalized spacial score (nSPS) is 22.7. The highest BCUT2D eigenvalue weighted by Gasteiger charge is 2.45. The number of benzene rings is 1. The van der Waals surface area contributed by atoms with E-state index in [0.29, 0.717) is 17.8 Å². The van der Waals surface area contributed by atoms with Crippen LogP contribution in [-0.4, -0.2) is 42.6 Å². The van der Waals surface area contributed by atoms with Gasteiger partial charge in [0.25, 0.3) is 0 Å². The van der Waals surface area contributed by atoms with Gasteiger partial charge in [0.2, 0.25) is 5.91 Å². The van der Waals surface area contributed by atoms with Gasteiger partial charge >= 0.3 is 0 Å². The van der Waals surface area contributed by atoms with Crippen LogP contribution in [0, 0.1) is 18.2 Å². The summed E-state index contributed by atoms with van der Waals surface area (Å²) in [7, 11) is 0. The fraction of sp³-hybridized carbons (Fsp3) is 0.632.